The van der Waals surface area contributed by atoms with Crippen LogP contribution in [0.3, 0.4) is 0 Å². The van der Waals surface area contributed by atoms with Crippen LogP contribution in [0.4, 0.5) is 0 Å². The Kier molecular flexibility index (Phi) is 4.41. The van der Waals surface area contributed by atoms with Gasteiger partial charge >= 0.3 is 3.92 Å². The zero-order valence-electron chi connectivity index (χ0n) is 7.75. The van der Waals surface area contributed by atoms with Crippen molar-refractivity contribution >= 4 is 34.8 Å². The zero-order valence-corrected chi connectivity index (χ0v) is 10.0. The van der Waals surface area contributed by atoms with E-state index in [0.717, 1.165) is 30.5 Å². The molecule has 1 aromatic heterocycles. The molecule has 0 saturated carbocycles. The van der Waals surface area contributed by atoms with Crippen LogP contribution in [0.25, 0.3) is 0 Å². The standard InChI is InChI=1S/C7H11Cl3N4/c1-2-3-4-5-6-11-13-14(12-6)7(8,9)10/h2-5H2,1H3. The Labute approximate surface area is 97.5 Å². The minimum atomic E-state index is -1.64. The maximum absolute atomic E-state index is 5.56. The number of unbranched alkanes of at least 4 members (excludes halogenated alkanes) is 2. The molecule has 0 radical (unpaired) electrons. The predicted molar refractivity (Wildman–Crippen MR) is 56.6 cm³/mol. The highest BCUT2D eigenvalue weighted by atomic mass is 35.6. The fraction of sp³-hybridized carbons (Fsp3) is 0.857. The summed E-state index contributed by atoms with van der Waals surface area (Å²) in [5.41, 5.74) is 0. The maximum atomic E-state index is 5.56. The van der Waals surface area contributed by atoms with Crippen LogP contribution in [0.5, 0.6) is 0 Å². The molecule has 0 aliphatic heterocycles. The van der Waals surface area contributed by atoms with E-state index in [0.29, 0.717) is 5.82 Å². The van der Waals surface area contributed by atoms with E-state index in [1.54, 1.807) is 0 Å². The molecule has 0 aromatic carbocycles. The third-order valence-electron chi connectivity index (χ3n) is 1.69. The molecule has 0 N–H and O–H groups in total. The first-order chi connectivity index (χ1) is 6.54. The molecule has 1 aromatic rings. The van der Waals surface area contributed by atoms with E-state index in [1.165, 1.54) is 0 Å². The molecule has 7 heteroatoms. The molecule has 0 saturated heterocycles. The van der Waals surface area contributed by atoms with Gasteiger partial charge in [-0.15, -0.1) is 15.0 Å². The number of hydrogen-bond acceptors (Lipinski definition) is 3. The first-order valence-electron chi connectivity index (χ1n) is 4.40. The van der Waals surface area contributed by atoms with Crippen molar-refractivity contribution in [3.8, 4) is 0 Å². The fourth-order valence-electron chi connectivity index (χ4n) is 0.984. The van der Waals surface area contributed by atoms with Crippen molar-refractivity contribution in [3.63, 3.8) is 0 Å². The Balaban J connectivity index is 2.51. The molecule has 4 nitrogen and oxygen atoms in total. The number of alkyl halides is 3. The van der Waals surface area contributed by atoms with E-state index in [4.69, 9.17) is 34.8 Å². The SMILES string of the molecule is CCCCCc1nnn(C(Cl)(Cl)Cl)n1. The second kappa shape index (κ2) is 5.14. The monoisotopic (exact) mass is 256 g/mol. The molecule has 1 heterocycles. The highest BCUT2D eigenvalue weighted by molar-refractivity contribution is 6.64. The number of halogens is 3. The van der Waals surface area contributed by atoms with Crippen LogP contribution < -0.4 is 0 Å². The van der Waals surface area contributed by atoms with Gasteiger partial charge in [0.05, 0.1) is 0 Å². The predicted octanol–water partition coefficient (Wildman–Crippen LogP) is 2.69. The Morgan fingerprint density at radius 1 is 1.29 bits per heavy atom. The minimum absolute atomic E-state index is 0.616. The van der Waals surface area contributed by atoms with Gasteiger partial charge in [-0.3, -0.25) is 0 Å². The number of aryl methyl sites for hydroxylation is 1. The Hall–Kier alpha value is -0.0600. The Morgan fingerprint density at radius 2 is 2.00 bits per heavy atom. The summed E-state index contributed by atoms with van der Waals surface area (Å²) < 4.78 is -1.64. The van der Waals surface area contributed by atoms with Gasteiger partial charge < -0.3 is 0 Å². The Bertz CT molecular complexity index is 281. The molecule has 0 bridgehead atoms. The molecule has 0 aliphatic carbocycles. The van der Waals surface area contributed by atoms with Gasteiger partial charge in [0.2, 0.25) is 0 Å². The third kappa shape index (κ3) is 3.59. The van der Waals surface area contributed by atoms with E-state index in [9.17, 15) is 0 Å². The summed E-state index contributed by atoms with van der Waals surface area (Å²) in [7, 11) is 0. The third-order valence-corrected chi connectivity index (χ3v) is 2.14. The van der Waals surface area contributed by atoms with Crippen molar-refractivity contribution in [3.05, 3.63) is 5.82 Å². The highest BCUT2D eigenvalue weighted by Gasteiger charge is 2.25. The van der Waals surface area contributed by atoms with Crippen LogP contribution in [0, 0.1) is 0 Å². The first kappa shape index (κ1) is 12.0. The number of rotatable bonds is 4. The van der Waals surface area contributed by atoms with Gasteiger partial charge in [0.15, 0.2) is 5.82 Å². The molecule has 0 atom stereocenters. The quantitative estimate of drug-likeness (QED) is 0.615. The lowest BCUT2D eigenvalue weighted by atomic mass is 10.2. The summed E-state index contributed by atoms with van der Waals surface area (Å²) in [6.45, 7) is 2.13. The first-order valence-corrected chi connectivity index (χ1v) is 5.53. The van der Waals surface area contributed by atoms with Crippen molar-refractivity contribution in [1.29, 1.82) is 0 Å². The molecule has 14 heavy (non-hydrogen) atoms. The molecular formula is C7H11Cl3N4. The van der Waals surface area contributed by atoms with E-state index >= 15 is 0 Å². The van der Waals surface area contributed by atoms with Crippen molar-refractivity contribution in [2.45, 2.75) is 36.5 Å². The van der Waals surface area contributed by atoms with Crippen LogP contribution in [0.2, 0.25) is 0 Å². The molecule has 80 valence electrons. The van der Waals surface area contributed by atoms with Crippen LogP contribution in [0.15, 0.2) is 0 Å². The average molecular weight is 258 g/mol. The summed E-state index contributed by atoms with van der Waals surface area (Å²) >= 11 is 16.7. The molecule has 0 unspecified atom stereocenters. The minimum Gasteiger partial charge on any atom is -0.132 e. The van der Waals surface area contributed by atoms with Crippen LogP contribution in [-0.4, -0.2) is 20.2 Å². The topological polar surface area (TPSA) is 43.6 Å². The molecular weight excluding hydrogens is 246 g/mol. The number of aromatic nitrogens is 4. The largest absolute Gasteiger partial charge is 0.305 e. The van der Waals surface area contributed by atoms with Crippen LogP contribution in [0.1, 0.15) is 32.0 Å². The lowest BCUT2D eigenvalue weighted by Crippen LogP contribution is -2.16. The lowest BCUT2D eigenvalue weighted by Gasteiger charge is -2.06. The number of hydrogen-bond donors (Lipinski definition) is 0. The molecule has 0 spiro atoms. The summed E-state index contributed by atoms with van der Waals surface area (Å²) in [6, 6.07) is 0. The van der Waals surface area contributed by atoms with Gasteiger partial charge in [0, 0.05) is 6.42 Å². The molecule has 0 aliphatic rings. The molecule has 0 fully saturated rings. The van der Waals surface area contributed by atoms with Gasteiger partial charge in [0.25, 0.3) is 0 Å². The summed E-state index contributed by atoms with van der Waals surface area (Å²) in [6.07, 6.45) is 4.09. The summed E-state index contributed by atoms with van der Waals surface area (Å²) in [5, 5.41) is 11.4. The average Bonchev–Trinajstić information content (AvgIpc) is 2.52. The fourth-order valence-corrected chi connectivity index (χ4v) is 1.20. The summed E-state index contributed by atoms with van der Waals surface area (Å²) in [4.78, 5) is 0.985. The van der Waals surface area contributed by atoms with Crippen LogP contribution >= 0.6 is 34.8 Å². The zero-order chi connectivity index (χ0) is 10.6. The van der Waals surface area contributed by atoms with Gasteiger partial charge in [-0.25, -0.2) is 0 Å². The lowest BCUT2D eigenvalue weighted by molar-refractivity contribution is 0.556. The van der Waals surface area contributed by atoms with Gasteiger partial charge in [0.1, 0.15) is 0 Å². The molecule has 1 rings (SSSR count). The second-order valence-corrected chi connectivity index (χ2v) is 5.14. The van der Waals surface area contributed by atoms with Crippen molar-refractivity contribution in [1.82, 2.24) is 20.2 Å². The van der Waals surface area contributed by atoms with Gasteiger partial charge in [-0.1, -0.05) is 54.6 Å². The van der Waals surface area contributed by atoms with E-state index in [-0.39, 0.29) is 0 Å². The van der Waals surface area contributed by atoms with Crippen molar-refractivity contribution < 1.29 is 0 Å². The number of tetrazole rings is 1. The van der Waals surface area contributed by atoms with E-state index < -0.39 is 3.92 Å². The maximum Gasteiger partial charge on any atom is 0.305 e. The van der Waals surface area contributed by atoms with E-state index in [1.807, 2.05) is 0 Å². The Morgan fingerprint density at radius 3 is 2.50 bits per heavy atom. The normalized spacial score (nSPS) is 12.0. The van der Waals surface area contributed by atoms with Crippen molar-refractivity contribution in [2.75, 3.05) is 0 Å². The second-order valence-electron chi connectivity index (χ2n) is 2.92. The highest BCUT2D eigenvalue weighted by Crippen LogP contribution is 2.29. The molecule has 0 amide bonds. The van der Waals surface area contributed by atoms with E-state index in [2.05, 4.69) is 22.3 Å². The number of nitrogens with zero attached hydrogens (tertiary/aromatic N) is 4. The van der Waals surface area contributed by atoms with Gasteiger partial charge in [-0.2, -0.15) is 0 Å². The van der Waals surface area contributed by atoms with Crippen molar-refractivity contribution in [2.24, 2.45) is 0 Å². The van der Waals surface area contributed by atoms with Gasteiger partial charge in [-0.05, 0) is 11.6 Å². The summed E-state index contributed by atoms with van der Waals surface area (Å²) in [5.74, 6) is 0.616. The van der Waals surface area contributed by atoms with Crippen LogP contribution in [-0.2, 0) is 10.3 Å². The smallest absolute Gasteiger partial charge is 0.132 e.